The van der Waals surface area contributed by atoms with Crippen molar-refractivity contribution >= 4 is 22.6 Å². The molecule has 0 bridgehead atoms. The molecule has 1 aromatic carbocycles. The molecule has 3 nitrogen and oxygen atoms in total. The van der Waals surface area contributed by atoms with Gasteiger partial charge in [-0.25, -0.2) is 13.8 Å². The monoisotopic (exact) mass is 348 g/mol. The van der Waals surface area contributed by atoms with Crippen molar-refractivity contribution < 1.29 is 8.78 Å². The quantitative estimate of drug-likeness (QED) is 0.780. The molecule has 0 spiro atoms. The van der Waals surface area contributed by atoms with Gasteiger partial charge in [-0.2, -0.15) is 0 Å². The summed E-state index contributed by atoms with van der Waals surface area (Å²) in [5.41, 5.74) is -0.153. The van der Waals surface area contributed by atoms with Gasteiger partial charge in [-0.1, -0.05) is 0 Å². The predicted molar refractivity (Wildman–Crippen MR) is 66.7 cm³/mol. The summed E-state index contributed by atoms with van der Waals surface area (Å²) in [6.45, 7) is -0.0354. The van der Waals surface area contributed by atoms with Gasteiger partial charge in [-0.15, -0.1) is 0 Å². The van der Waals surface area contributed by atoms with Gasteiger partial charge in [0.2, 0.25) is 0 Å². The number of hydrogen-bond donors (Lipinski definition) is 0. The average molecular weight is 348 g/mol. The van der Waals surface area contributed by atoms with Crippen LogP contribution in [-0.4, -0.2) is 9.55 Å². The first-order chi connectivity index (χ1) is 8.08. The first-order valence-corrected chi connectivity index (χ1v) is 5.79. The Labute approximate surface area is 109 Å². The molecule has 0 saturated carbocycles. The first kappa shape index (κ1) is 12.2. The number of hydrogen-bond acceptors (Lipinski definition) is 2. The van der Waals surface area contributed by atoms with Crippen LogP contribution in [0.5, 0.6) is 0 Å². The van der Waals surface area contributed by atoms with E-state index in [-0.39, 0.29) is 17.7 Å². The SMILES string of the molecule is O=c1c(I)cncn1Cc1cc(F)ccc1F. The van der Waals surface area contributed by atoms with Crippen LogP contribution in [0.2, 0.25) is 0 Å². The van der Waals surface area contributed by atoms with E-state index < -0.39 is 11.6 Å². The van der Waals surface area contributed by atoms with Crippen LogP contribution in [0.15, 0.2) is 35.5 Å². The highest BCUT2D eigenvalue weighted by Gasteiger charge is 2.07. The molecule has 0 aliphatic rings. The molecule has 1 heterocycles. The number of rotatable bonds is 2. The van der Waals surface area contributed by atoms with Crippen LogP contribution >= 0.6 is 22.6 Å². The lowest BCUT2D eigenvalue weighted by Crippen LogP contribution is -2.23. The fourth-order valence-electron chi connectivity index (χ4n) is 1.38. The minimum absolute atomic E-state index is 0.0354. The third-order valence-electron chi connectivity index (χ3n) is 2.21. The third kappa shape index (κ3) is 2.68. The van der Waals surface area contributed by atoms with Gasteiger partial charge in [0.05, 0.1) is 16.4 Å². The van der Waals surface area contributed by atoms with Crippen LogP contribution in [0.4, 0.5) is 8.78 Å². The second-order valence-corrected chi connectivity index (χ2v) is 4.57. The van der Waals surface area contributed by atoms with E-state index in [1.165, 1.54) is 17.1 Å². The van der Waals surface area contributed by atoms with Crippen LogP contribution < -0.4 is 5.56 Å². The summed E-state index contributed by atoms with van der Waals surface area (Å²) >= 11 is 1.84. The second kappa shape index (κ2) is 4.91. The van der Waals surface area contributed by atoms with Crippen molar-refractivity contribution in [2.75, 3.05) is 0 Å². The Hall–Kier alpha value is -1.31. The Balaban J connectivity index is 2.41. The molecule has 0 aliphatic carbocycles. The fraction of sp³-hybridized carbons (Fsp3) is 0.0909. The Kier molecular flexibility index (Phi) is 3.51. The Morgan fingerprint density at radius 1 is 1.35 bits per heavy atom. The number of nitrogens with zero attached hydrogens (tertiary/aromatic N) is 2. The molecule has 6 heteroatoms. The van der Waals surface area contributed by atoms with Gasteiger partial charge >= 0.3 is 0 Å². The van der Waals surface area contributed by atoms with Crippen molar-refractivity contribution in [1.82, 2.24) is 9.55 Å². The molecule has 0 atom stereocenters. The van der Waals surface area contributed by atoms with E-state index >= 15 is 0 Å². The maximum Gasteiger partial charge on any atom is 0.267 e. The lowest BCUT2D eigenvalue weighted by Gasteiger charge is -2.06. The molecular weight excluding hydrogens is 341 g/mol. The van der Waals surface area contributed by atoms with E-state index in [0.29, 0.717) is 3.57 Å². The molecule has 0 saturated heterocycles. The molecule has 2 rings (SSSR count). The van der Waals surface area contributed by atoms with Gasteiger partial charge < -0.3 is 0 Å². The highest BCUT2D eigenvalue weighted by molar-refractivity contribution is 14.1. The summed E-state index contributed by atoms with van der Waals surface area (Å²) in [7, 11) is 0. The number of aromatic nitrogens is 2. The largest absolute Gasteiger partial charge is 0.294 e. The maximum absolute atomic E-state index is 13.4. The standard InChI is InChI=1S/C11H7F2IN2O/c12-8-1-2-9(13)7(3-8)5-16-6-15-4-10(14)11(16)17/h1-4,6H,5H2. The van der Waals surface area contributed by atoms with Crippen LogP contribution in [0.25, 0.3) is 0 Å². The predicted octanol–water partition coefficient (Wildman–Crippen LogP) is 2.17. The summed E-state index contributed by atoms with van der Waals surface area (Å²) in [5.74, 6) is -1.08. The maximum atomic E-state index is 13.4. The van der Waals surface area contributed by atoms with Gasteiger partial charge in [0.15, 0.2) is 0 Å². The summed E-state index contributed by atoms with van der Waals surface area (Å²) < 4.78 is 28.0. The van der Waals surface area contributed by atoms with Gasteiger partial charge in [-0.05, 0) is 40.8 Å². The molecule has 0 radical (unpaired) electrons. The molecule has 0 N–H and O–H groups in total. The van der Waals surface area contributed by atoms with Gasteiger partial charge in [0.1, 0.15) is 11.6 Å². The third-order valence-corrected chi connectivity index (χ3v) is 2.95. The van der Waals surface area contributed by atoms with Crippen LogP contribution in [0.1, 0.15) is 5.56 Å². The lowest BCUT2D eigenvalue weighted by atomic mass is 10.2. The summed E-state index contributed by atoms with van der Waals surface area (Å²) in [6.07, 6.45) is 2.72. The van der Waals surface area contributed by atoms with Gasteiger partial charge in [0, 0.05) is 11.8 Å². The summed E-state index contributed by atoms with van der Waals surface area (Å²) in [6, 6.07) is 3.15. The van der Waals surface area contributed by atoms with Crippen LogP contribution in [0.3, 0.4) is 0 Å². The highest BCUT2D eigenvalue weighted by Crippen LogP contribution is 2.10. The van der Waals surface area contributed by atoms with Crippen molar-refractivity contribution in [2.24, 2.45) is 0 Å². The van der Waals surface area contributed by atoms with E-state index in [2.05, 4.69) is 4.98 Å². The smallest absolute Gasteiger partial charge is 0.267 e. The van der Waals surface area contributed by atoms with E-state index in [1.807, 2.05) is 22.6 Å². The Morgan fingerprint density at radius 3 is 2.88 bits per heavy atom. The molecule has 88 valence electrons. The van der Waals surface area contributed by atoms with Crippen molar-refractivity contribution in [2.45, 2.75) is 6.54 Å². The Bertz CT molecular complexity index is 613. The molecule has 0 fully saturated rings. The molecule has 1 aromatic heterocycles. The zero-order valence-corrected chi connectivity index (χ0v) is 10.7. The molecule has 2 aromatic rings. The minimum Gasteiger partial charge on any atom is -0.294 e. The molecule has 0 unspecified atom stereocenters. The molecule has 0 aliphatic heterocycles. The van der Waals surface area contributed by atoms with Crippen molar-refractivity contribution in [3.8, 4) is 0 Å². The summed E-state index contributed by atoms with van der Waals surface area (Å²) in [4.78, 5) is 15.5. The fourth-order valence-corrected chi connectivity index (χ4v) is 1.86. The zero-order valence-electron chi connectivity index (χ0n) is 8.53. The van der Waals surface area contributed by atoms with Crippen molar-refractivity contribution in [3.63, 3.8) is 0 Å². The van der Waals surface area contributed by atoms with E-state index in [1.54, 1.807) is 0 Å². The van der Waals surface area contributed by atoms with E-state index in [9.17, 15) is 13.6 Å². The second-order valence-electron chi connectivity index (χ2n) is 3.41. The van der Waals surface area contributed by atoms with Crippen LogP contribution in [-0.2, 0) is 6.54 Å². The molecule has 0 amide bonds. The highest BCUT2D eigenvalue weighted by atomic mass is 127. The van der Waals surface area contributed by atoms with Gasteiger partial charge in [0.25, 0.3) is 5.56 Å². The Morgan fingerprint density at radius 2 is 2.12 bits per heavy atom. The van der Waals surface area contributed by atoms with Crippen LogP contribution in [0, 0.1) is 15.2 Å². The first-order valence-electron chi connectivity index (χ1n) is 4.72. The van der Waals surface area contributed by atoms with E-state index in [0.717, 1.165) is 18.2 Å². The normalized spacial score (nSPS) is 10.5. The van der Waals surface area contributed by atoms with Crippen molar-refractivity contribution in [1.29, 1.82) is 0 Å². The number of halogens is 3. The average Bonchev–Trinajstić information content (AvgIpc) is 2.30. The van der Waals surface area contributed by atoms with Gasteiger partial charge in [-0.3, -0.25) is 9.36 Å². The minimum atomic E-state index is -0.544. The van der Waals surface area contributed by atoms with E-state index in [4.69, 9.17) is 0 Å². The number of benzene rings is 1. The van der Waals surface area contributed by atoms with Crippen molar-refractivity contribution in [3.05, 3.63) is 61.8 Å². The molecule has 17 heavy (non-hydrogen) atoms. The summed E-state index contributed by atoms with van der Waals surface area (Å²) in [5, 5.41) is 0. The lowest BCUT2D eigenvalue weighted by molar-refractivity contribution is 0.572. The zero-order chi connectivity index (χ0) is 12.4. The topological polar surface area (TPSA) is 34.9 Å². The molecular formula is C11H7F2IN2O.